The monoisotopic (exact) mass is 330 g/mol. The molecule has 0 saturated heterocycles. The van der Waals surface area contributed by atoms with Gasteiger partial charge in [-0.25, -0.2) is 0 Å². The van der Waals surface area contributed by atoms with Gasteiger partial charge in [-0.2, -0.15) is 15.0 Å². The highest BCUT2D eigenvalue weighted by Crippen LogP contribution is 2.25. The maximum Gasteiger partial charge on any atom is 0.232 e. The molecule has 1 aromatic carbocycles. The Morgan fingerprint density at radius 2 is 1.64 bits per heavy atom. The molecule has 2 N–H and O–H groups in total. The molecule has 3 aromatic rings. The molecular formula is C19H18N6. The first kappa shape index (κ1) is 15.3. The summed E-state index contributed by atoms with van der Waals surface area (Å²) in [6.45, 7) is 2.11. The minimum atomic E-state index is 0.222. The Balaban J connectivity index is 1.68. The van der Waals surface area contributed by atoms with Crippen LogP contribution < -0.4 is 10.6 Å². The van der Waals surface area contributed by atoms with Crippen LogP contribution in [0.3, 0.4) is 0 Å². The first-order chi connectivity index (χ1) is 12.3. The molecule has 0 radical (unpaired) electrons. The molecule has 0 fully saturated rings. The Morgan fingerprint density at radius 3 is 2.36 bits per heavy atom. The van der Waals surface area contributed by atoms with Crippen LogP contribution >= 0.6 is 0 Å². The van der Waals surface area contributed by atoms with Crippen molar-refractivity contribution in [3.05, 3.63) is 66.5 Å². The van der Waals surface area contributed by atoms with Crippen LogP contribution in [0, 0.1) is 0 Å². The van der Waals surface area contributed by atoms with E-state index < -0.39 is 0 Å². The van der Waals surface area contributed by atoms with Crippen molar-refractivity contribution in [3.63, 3.8) is 0 Å². The molecule has 25 heavy (non-hydrogen) atoms. The van der Waals surface area contributed by atoms with Gasteiger partial charge >= 0.3 is 0 Å². The van der Waals surface area contributed by atoms with Crippen molar-refractivity contribution in [2.75, 3.05) is 10.6 Å². The molecule has 2 heterocycles. The Hall–Kier alpha value is -3.28. The van der Waals surface area contributed by atoms with E-state index in [-0.39, 0.29) is 6.04 Å². The topological polar surface area (TPSA) is 75.6 Å². The number of nitrogens with one attached hydrogen (secondary N) is 2. The fraction of sp³-hybridized carbons (Fsp3) is 0.158. The van der Waals surface area contributed by atoms with Crippen molar-refractivity contribution in [1.29, 1.82) is 0 Å². The second-order valence-corrected chi connectivity index (χ2v) is 5.88. The van der Waals surface area contributed by atoms with Gasteiger partial charge in [0, 0.05) is 29.7 Å². The van der Waals surface area contributed by atoms with E-state index in [0.29, 0.717) is 17.7 Å². The van der Waals surface area contributed by atoms with Gasteiger partial charge in [-0.1, -0.05) is 36.4 Å². The van der Waals surface area contributed by atoms with Crippen molar-refractivity contribution in [3.8, 4) is 11.4 Å². The molecule has 1 unspecified atom stereocenters. The Labute approximate surface area is 146 Å². The summed E-state index contributed by atoms with van der Waals surface area (Å²) in [5.41, 5.74) is 3.21. The number of aromatic nitrogens is 4. The summed E-state index contributed by atoms with van der Waals surface area (Å²) in [6, 6.07) is 13.9. The third kappa shape index (κ3) is 3.80. The van der Waals surface area contributed by atoms with E-state index >= 15 is 0 Å². The zero-order valence-electron chi connectivity index (χ0n) is 13.8. The van der Waals surface area contributed by atoms with Crippen LogP contribution in [-0.2, 0) is 0 Å². The molecule has 1 aliphatic rings. The third-order valence-corrected chi connectivity index (χ3v) is 3.95. The number of benzene rings is 1. The van der Waals surface area contributed by atoms with Crippen LogP contribution in [0.4, 0.5) is 17.6 Å². The van der Waals surface area contributed by atoms with Gasteiger partial charge in [0.25, 0.3) is 0 Å². The summed E-state index contributed by atoms with van der Waals surface area (Å²) in [4.78, 5) is 17.7. The average Bonchev–Trinajstić information content (AvgIpc) is 3.48. The predicted octanol–water partition coefficient (Wildman–Crippen LogP) is 3.81. The SMILES string of the molecule is CC(Nc1nc(Nc2ccncc2)nc(-c2ccccc2)n1)C1=CC1. The van der Waals surface area contributed by atoms with Crippen LogP contribution in [0.25, 0.3) is 11.4 Å². The highest BCUT2D eigenvalue weighted by atomic mass is 15.2. The lowest BCUT2D eigenvalue weighted by Gasteiger charge is -2.13. The van der Waals surface area contributed by atoms with Gasteiger partial charge in [0.05, 0.1) is 0 Å². The molecule has 124 valence electrons. The van der Waals surface area contributed by atoms with Crippen molar-refractivity contribution < 1.29 is 0 Å². The number of hydrogen-bond acceptors (Lipinski definition) is 6. The molecule has 1 atom stereocenters. The summed E-state index contributed by atoms with van der Waals surface area (Å²) < 4.78 is 0. The van der Waals surface area contributed by atoms with E-state index in [0.717, 1.165) is 17.7 Å². The molecule has 2 aromatic heterocycles. The maximum absolute atomic E-state index is 4.58. The van der Waals surface area contributed by atoms with Crippen molar-refractivity contribution in [2.45, 2.75) is 19.4 Å². The van der Waals surface area contributed by atoms with Gasteiger partial charge < -0.3 is 10.6 Å². The number of pyridine rings is 1. The summed E-state index contributed by atoms with van der Waals surface area (Å²) in [6.07, 6.45) is 6.71. The number of nitrogens with zero attached hydrogens (tertiary/aromatic N) is 4. The van der Waals surface area contributed by atoms with Crippen LogP contribution in [0.1, 0.15) is 13.3 Å². The Bertz CT molecular complexity index is 892. The number of anilines is 3. The lowest BCUT2D eigenvalue weighted by atomic mass is 10.2. The first-order valence-electron chi connectivity index (χ1n) is 8.22. The normalized spacial score (nSPS) is 13.7. The minimum Gasteiger partial charge on any atom is -0.348 e. The van der Waals surface area contributed by atoms with E-state index in [1.807, 2.05) is 42.5 Å². The zero-order chi connectivity index (χ0) is 17.1. The smallest absolute Gasteiger partial charge is 0.232 e. The van der Waals surface area contributed by atoms with E-state index in [9.17, 15) is 0 Å². The number of rotatable bonds is 6. The summed E-state index contributed by atoms with van der Waals surface area (Å²) in [7, 11) is 0. The van der Waals surface area contributed by atoms with E-state index in [2.05, 4.69) is 43.6 Å². The second-order valence-electron chi connectivity index (χ2n) is 5.88. The molecule has 6 nitrogen and oxygen atoms in total. The Morgan fingerprint density at radius 1 is 0.920 bits per heavy atom. The molecule has 0 saturated carbocycles. The lowest BCUT2D eigenvalue weighted by molar-refractivity contribution is 0.913. The van der Waals surface area contributed by atoms with Crippen molar-refractivity contribution in [1.82, 2.24) is 19.9 Å². The van der Waals surface area contributed by atoms with Gasteiger partial charge in [0.15, 0.2) is 5.82 Å². The summed E-state index contributed by atoms with van der Waals surface area (Å²) in [5.74, 6) is 1.69. The largest absolute Gasteiger partial charge is 0.348 e. The standard InChI is InChI=1S/C19H18N6/c1-13(14-7-8-14)21-18-23-17(15-5-3-2-4-6-15)24-19(25-18)22-16-9-11-20-12-10-16/h2-7,9-13H,8H2,1H3,(H2,20,21,22,23,24,25). The molecule has 0 bridgehead atoms. The molecule has 4 rings (SSSR count). The minimum absolute atomic E-state index is 0.222. The third-order valence-electron chi connectivity index (χ3n) is 3.95. The van der Waals surface area contributed by atoms with Gasteiger partial charge in [-0.15, -0.1) is 0 Å². The average molecular weight is 330 g/mol. The van der Waals surface area contributed by atoms with Crippen LogP contribution in [-0.4, -0.2) is 26.0 Å². The van der Waals surface area contributed by atoms with E-state index in [1.54, 1.807) is 12.4 Å². The summed E-state index contributed by atoms with van der Waals surface area (Å²) >= 11 is 0. The molecular weight excluding hydrogens is 312 g/mol. The molecule has 0 amide bonds. The quantitative estimate of drug-likeness (QED) is 0.669. The molecule has 0 aliphatic heterocycles. The predicted molar refractivity (Wildman–Crippen MR) is 98.6 cm³/mol. The highest BCUT2D eigenvalue weighted by molar-refractivity contribution is 5.61. The number of hydrogen-bond donors (Lipinski definition) is 2. The van der Waals surface area contributed by atoms with E-state index in [4.69, 9.17) is 0 Å². The van der Waals surface area contributed by atoms with E-state index in [1.165, 1.54) is 5.57 Å². The van der Waals surface area contributed by atoms with Gasteiger partial charge in [-0.3, -0.25) is 4.98 Å². The van der Waals surface area contributed by atoms with Crippen LogP contribution in [0.5, 0.6) is 0 Å². The van der Waals surface area contributed by atoms with Gasteiger partial charge in [-0.05, 0) is 31.1 Å². The second kappa shape index (κ2) is 6.68. The molecule has 0 spiro atoms. The first-order valence-corrected chi connectivity index (χ1v) is 8.22. The lowest BCUT2D eigenvalue weighted by Crippen LogP contribution is -2.17. The maximum atomic E-state index is 4.58. The van der Waals surface area contributed by atoms with Crippen LogP contribution in [0.2, 0.25) is 0 Å². The van der Waals surface area contributed by atoms with Crippen molar-refractivity contribution >= 4 is 17.6 Å². The Kier molecular flexibility index (Phi) is 4.08. The summed E-state index contributed by atoms with van der Waals surface area (Å²) in [5, 5.41) is 6.57. The fourth-order valence-corrected chi connectivity index (χ4v) is 2.48. The molecule has 6 heteroatoms. The molecule has 1 aliphatic carbocycles. The zero-order valence-corrected chi connectivity index (χ0v) is 13.8. The van der Waals surface area contributed by atoms with Gasteiger partial charge in [0.2, 0.25) is 11.9 Å². The van der Waals surface area contributed by atoms with Crippen molar-refractivity contribution in [2.24, 2.45) is 0 Å². The van der Waals surface area contributed by atoms with Gasteiger partial charge in [0.1, 0.15) is 0 Å². The fourth-order valence-electron chi connectivity index (χ4n) is 2.48. The number of allylic oxidation sites excluding steroid dienone is 1. The van der Waals surface area contributed by atoms with Crippen LogP contribution in [0.15, 0.2) is 66.5 Å². The highest BCUT2D eigenvalue weighted by Gasteiger charge is 2.17.